The Hall–Kier alpha value is -3.61. The second kappa shape index (κ2) is 7.58. The molecule has 3 aromatic heterocycles. The number of fused-ring (bicyclic) bond motifs is 1. The number of nitrogens with zero attached hydrogens (tertiary/aromatic N) is 6. The second-order valence-corrected chi connectivity index (χ2v) is 6.77. The Balaban J connectivity index is 1.52. The topological polar surface area (TPSA) is 112 Å². The highest BCUT2D eigenvalue weighted by Gasteiger charge is 2.34. The van der Waals surface area contributed by atoms with Crippen LogP contribution in [0.3, 0.4) is 0 Å². The monoisotopic (exact) mass is 438 g/mol. The van der Waals surface area contributed by atoms with Crippen molar-refractivity contribution in [2.75, 3.05) is 0 Å². The molecule has 3 heterocycles. The Morgan fingerprint density at radius 1 is 1.23 bits per heavy atom. The zero-order valence-corrected chi connectivity index (χ0v) is 15.8. The molecule has 1 unspecified atom stereocenters. The summed E-state index contributed by atoms with van der Waals surface area (Å²) in [7, 11) is 1.65. The van der Waals surface area contributed by atoms with Gasteiger partial charge in [-0.2, -0.15) is 18.2 Å². The summed E-state index contributed by atoms with van der Waals surface area (Å²) in [6.07, 6.45) is -3.87. The van der Waals surface area contributed by atoms with E-state index in [4.69, 9.17) is 4.52 Å². The number of benzene rings is 1. The smallest absolute Gasteiger partial charge is 0.388 e. The molecule has 0 bridgehead atoms. The van der Waals surface area contributed by atoms with Crippen molar-refractivity contribution in [2.45, 2.75) is 25.2 Å². The molecule has 9 nitrogen and oxygen atoms in total. The van der Waals surface area contributed by atoms with Crippen LogP contribution in [0.4, 0.5) is 17.6 Å². The first-order valence-electron chi connectivity index (χ1n) is 8.86. The van der Waals surface area contributed by atoms with E-state index >= 15 is 0 Å². The van der Waals surface area contributed by atoms with E-state index < -0.39 is 23.7 Å². The first-order valence-corrected chi connectivity index (χ1v) is 8.86. The second-order valence-electron chi connectivity index (χ2n) is 6.77. The Bertz CT molecular complexity index is 1310. The van der Waals surface area contributed by atoms with Crippen molar-refractivity contribution in [3.8, 4) is 0 Å². The van der Waals surface area contributed by atoms with Crippen LogP contribution in [0.5, 0.6) is 0 Å². The van der Waals surface area contributed by atoms with Gasteiger partial charge in [-0.05, 0) is 17.7 Å². The van der Waals surface area contributed by atoms with Crippen LogP contribution in [0.2, 0.25) is 0 Å². The van der Waals surface area contributed by atoms with Crippen LogP contribution in [-0.4, -0.2) is 34.3 Å². The van der Waals surface area contributed by atoms with Crippen molar-refractivity contribution in [3.05, 3.63) is 69.9 Å². The van der Waals surface area contributed by atoms with Crippen LogP contribution in [0.1, 0.15) is 28.9 Å². The standard InChI is InChI=1S/C18H14F4N6O3/c1-27-7-23-16-15(27)17(30)28(8-24-16)6-14-25-13(26-31-14)5-12(29)9-2-3-11(19)10(4-9)18(20,21)22/h2-4,7-8,12,29H,5-6H2,1H3. The van der Waals surface area contributed by atoms with E-state index in [0.717, 1.165) is 6.07 Å². The Morgan fingerprint density at radius 2 is 1.97 bits per heavy atom. The molecule has 0 aliphatic rings. The van der Waals surface area contributed by atoms with E-state index in [2.05, 4.69) is 20.1 Å². The molecule has 0 saturated heterocycles. The lowest BCUT2D eigenvalue weighted by molar-refractivity contribution is -0.140. The number of alkyl halides is 3. The molecule has 0 saturated carbocycles. The quantitative estimate of drug-likeness (QED) is 0.475. The van der Waals surface area contributed by atoms with E-state index in [1.54, 1.807) is 7.05 Å². The molecule has 13 heteroatoms. The van der Waals surface area contributed by atoms with Gasteiger partial charge in [-0.25, -0.2) is 14.4 Å². The van der Waals surface area contributed by atoms with Crippen LogP contribution < -0.4 is 5.56 Å². The summed E-state index contributed by atoms with van der Waals surface area (Å²) in [5.74, 6) is -1.40. The summed E-state index contributed by atoms with van der Waals surface area (Å²) >= 11 is 0. The van der Waals surface area contributed by atoms with Crippen molar-refractivity contribution in [3.63, 3.8) is 0 Å². The van der Waals surface area contributed by atoms with Gasteiger partial charge < -0.3 is 14.2 Å². The van der Waals surface area contributed by atoms with Crippen LogP contribution in [0, 0.1) is 5.82 Å². The molecule has 1 N–H and O–H groups in total. The number of hydrogen-bond donors (Lipinski definition) is 1. The zero-order valence-electron chi connectivity index (χ0n) is 15.8. The fourth-order valence-corrected chi connectivity index (χ4v) is 3.03. The molecule has 31 heavy (non-hydrogen) atoms. The van der Waals surface area contributed by atoms with Gasteiger partial charge in [0.1, 0.15) is 18.7 Å². The van der Waals surface area contributed by atoms with Gasteiger partial charge in [0.15, 0.2) is 17.0 Å². The van der Waals surface area contributed by atoms with Crippen molar-refractivity contribution < 1.29 is 27.2 Å². The van der Waals surface area contributed by atoms with E-state index in [1.165, 1.54) is 21.8 Å². The first kappa shape index (κ1) is 20.7. The Labute approximate surface area is 170 Å². The van der Waals surface area contributed by atoms with Crippen LogP contribution in [-0.2, 0) is 26.2 Å². The number of halogens is 4. The summed E-state index contributed by atoms with van der Waals surface area (Å²) < 4.78 is 59.8. The highest BCUT2D eigenvalue weighted by Crippen LogP contribution is 2.33. The largest absolute Gasteiger partial charge is 0.419 e. The third-order valence-corrected chi connectivity index (χ3v) is 4.57. The van der Waals surface area contributed by atoms with Gasteiger partial charge in [0.05, 0.1) is 18.0 Å². The molecule has 1 aromatic carbocycles. The number of aryl methyl sites for hydroxylation is 1. The normalized spacial score (nSPS) is 13.1. The molecule has 0 amide bonds. The van der Waals surface area contributed by atoms with E-state index in [1.807, 2.05) is 0 Å². The molecule has 0 aliphatic carbocycles. The van der Waals surface area contributed by atoms with Crippen molar-refractivity contribution in [2.24, 2.45) is 7.05 Å². The Morgan fingerprint density at radius 3 is 2.71 bits per heavy atom. The lowest BCUT2D eigenvalue weighted by atomic mass is 10.0. The fraction of sp³-hybridized carbons (Fsp3) is 0.278. The minimum absolute atomic E-state index is 0.00278. The summed E-state index contributed by atoms with van der Waals surface area (Å²) in [5.41, 5.74) is -1.43. The number of aliphatic hydroxyl groups excluding tert-OH is 1. The maximum absolute atomic E-state index is 13.4. The zero-order chi connectivity index (χ0) is 22.3. The molecule has 4 aromatic rings. The number of imidazole rings is 1. The third kappa shape index (κ3) is 4.03. The van der Waals surface area contributed by atoms with Gasteiger partial charge in [0, 0.05) is 13.5 Å². The first-order chi connectivity index (χ1) is 14.6. The highest BCUT2D eigenvalue weighted by atomic mass is 19.4. The molecule has 0 spiro atoms. The highest BCUT2D eigenvalue weighted by molar-refractivity contribution is 5.68. The van der Waals surface area contributed by atoms with Crippen LogP contribution in [0.15, 0.2) is 40.2 Å². The predicted molar refractivity (Wildman–Crippen MR) is 96.2 cm³/mol. The van der Waals surface area contributed by atoms with Gasteiger partial charge in [0.2, 0.25) is 5.89 Å². The van der Waals surface area contributed by atoms with Gasteiger partial charge in [-0.1, -0.05) is 11.2 Å². The maximum atomic E-state index is 13.4. The van der Waals surface area contributed by atoms with E-state index in [-0.39, 0.29) is 47.0 Å². The van der Waals surface area contributed by atoms with Gasteiger partial charge in [-0.15, -0.1) is 0 Å². The molecule has 0 radical (unpaired) electrons. The lowest BCUT2D eigenvalue weighted by Crippen LogP contribution is -2.22. The predicted octanol–water partition coefficient (Wildman–Crippen LogP) is 2.00. The summed E-state index contributed by atoms with van der Waals surface area (Å²) in [6.45, 7) is -0.106. The molecular formula is C18H14F4N6O3. The average molecular weight is 438 g/mol. The minimum Gasteiger partial charge on any atom is -0.388 e. The maximum Gasteiger partial charge on any atom is 0.419 e. The van der Waals surface area contributed by atoms with Gasteiger partial charge in [-0.3, -0.25) is 9.36 Å². The molecule has 0 aliphatic heterocycles. The lowest BCUT2D eigenvalue weighted by Gasteiger charge is -2.13. The molecule has 162 valence electrons. The number of hydrogen-bond acceptors (Lipinski definition) is 7. The molecular weight excluding hydrogens is 424 g/mol. The average Bonchev–Trinajstić information content (AvgIpc) is 3.30. The molecule has 4 rings (SSSR count). The fourth-order valence-electron chi connectivity index (χ4n) is 3.03. The molecule has 0 fully saturated rings. The van der Waals surface area contributed by atoms with Crippen LogP contribution in [0.25, 0.3) is 11.2 Å². The number of aromatic nitrogens is 6. The van der Waals surface area contributed by atoms with E-state index in [0.29, 0.717) is 12.1 Å². The summed E-state index contributed by atoms with van der Waals surface area (Å²) in [4.78, 5) is 24.6. The van der Waals surface area contributed by atoms with Gasteiger partial charge in [0.25, 0.3) is 5.56 Å². The summed E-state index contributed by atoms with van der Waals surface area (Å²) in [6, 6.07) is 2.22. The van der Waals surface area contributed by atoms with Crippen LogP contribution >= 0.6 is 0 Å². The SMILES string of the molecule is Cn1cnc2ncn(Cc3nc(CC(O)c4ccc(F)c(C(F)(F)F)c4)no3)c(=O)c21. The van der Waals surface area contributed by atoms with Crippen molar-refractivity contribution in [1.82, 2.24) is 29.2 Å². The van der Waals surface area contributed by atoms with Crippen molar-refractivity contribution >= 4 is 11.2 Å². The van der Waals surface area contributed by atoms with E-state index in [9.17, 15) is 27.5 Å². The van der Waals surface area contributed by atoms with Crippen molar-refractivity contribution in [1.29, 1.82) is 0 Å². The van der Waals surface area contributed by atoms with Gasteiger partial charge >= 0.3 is 6.18 Å². The third-order valence-electron chi connectivity index (χ3n) is 4.57. The summed E-state index contributed by atoms with van der Waals surface area (Å²) in [5, 5.41) is 13.9. The molecule has 1 atom stereocenters. The number of aliphatic hydroxyl groups is 1. The number of rotatable bonds is 5. The minimum atomic E-state index is -4.89. The Kier molecular flexibility index (Phi) is 5.05.